The van der Waals surface area contributed by atoms with Gasteiger partial charge in [-0.1, -0.05) is 12.1 Å². The Morgan fingerprint density at radius 2 is 1.83 bits per heavy atom. The van der Waals surface area contributed by atoms with Gasteiger partial charge in [-0.15, -0.1) is 0 Å². The third-order valence-corrected chi connectivity index (χ3v) is 4.01. The van der Waals surface area contributed by atoms with Gasteiger partial charge in [-0.3, -0.25) is 9.59 Å². The van der Waals surface area contributed by atoms with E-state index in [1.54, 1.807) is 17.9 Å². The van der Waals surface area contributed by atoms with E-state index in [1.807, 2.05) is 32.3 Å². The van der Waals surface area contributed by atoms with Crippen molar-refractivity contribution in [3.05, 3.63) is 34.3 Å². The largest absolute Gasteiger partial charge is 0.466 e. The van der Waals surface area contributed by atoms with Crippen molar-refractivity contribution in [1.82, 2.24) is 9.80 Å². The van der Waals surface area contributed by atoms with Crippen LogP contribution >= 0.6 is 15.9 Å². The highest BCUT2D eigenvalue weighted by Gasteiger charge is 2.19. The first-order valence-corrected chi connectivity index (χ1v) is 8.59. The van der Waals surface area contributed by atoms with Crippen LogP contribution in [0.5, 0.6) is 0 Å². The minimum atomic E-state index is -0.273. The van der Waals surface area contributed by atoms with Crippen LogP contribution in [0.1, 0.15) is 30.1 Å². The summed E-state index contributed by atoms with van der Waals surface area (Å²) in [5, 5.41) is 0. The number of amides is 1. The molecule has 0 fully saturated rings. The van der Waals surface area contributed by atoms with Crippen LogP contribution in [-0.4, -0.2) is 62.0 Å². The summed E-state index contributed by atoms with van der Waals surface area (Å²) in [6.07, 6.45) is 1.07. The summed E-state index contributed by atoms with van der Waals surface area (Å²) in [6, 6.07) is 7.34. The summed E-state index contributed by atoms with van der Waals surface area (Å²) >= 11 is 3.41. The van der Waals surface area contributed by atoms with Gasteiger partial charge in [-0.25, -0.2) is 0 Å². The number of benzene rings is 1. The van der Waals surface area contributed by atoms with Crippen molar-refractivity contribution < 1.29 is 14.3 Å². The molecule has 0 radical (unpaired) electrons. The summed E-state index contributed by atoms with van der Waals surface area (Å²) in [5.74, 6) is -0.342. The predicted octanol–water partition coefficient (Wildman–Crippen LogP) is 2.80. The quantitative estimate of drug-likeness (QED) is 0.614. The van der Waals surface area contributed by atoms with E-state index in [0.717, 1.165) is 17.4 Å². The van der Waals surface area contributed by atoms with E-state index in [-0.39, 0.29) is 18.3 Å². The fourth-order valence-electron chi connectivity index (χ4n) is 2.16. The van der Waals surface area contributed by atoms with Gasteiger partial charge >= 0.3 is 5.97 Å². The topological polar surface area (TPSA) is 49.9 Å². The molecule has 23 heavy (non-hydrogen) atoms. The van der Waals surface area contributed by atoms with Crippen LogP contribution in [0.15, 0.2) is 28.7 Å². The Labute approximate surface area is 146 Å². The third kappa shape index (κ3) is 7.14. The Kier molecular flexibility index (Phi) is 8.87. The maximum atomic E-state index is 12.7. The number of ether oxygens (including phenoxy) is 1. The van der Waals surface area contributed by atoms with E-state index in [9.17, 15) is 9.59 Å². The van der Waals surface area contributed by atoms with E-state index in [1.165, 1.54) is 0 Å². The molecule has 0 aromatic heterocycles. The van der Waals surface area contributed by atoms with Crippen LogP contribution in [0.4, 0.5) is 0 Å². The van der Waals surface area contributed by atoms with Gasteiger partial charge in [-0.2, -0.15) is 0 Å². The van der Waals surface area contributed by atoms with Crippen molar-refractivity contribution in [2.75, 3.05) is 40.3 Å². The van der Waals surface area contributed by atoms with Crippen molar-refractivity contribution in [3.8, 4) is 0 Å². The van der Waals surface area contributed by atoms with Crippen molar-refractivity contribution in [1.29, 1.82) is 0 Å². The van der Waals surface area contributed by atoms with Crippen molar-refractivity contribution >= 4 is 27.8 Å². The molecular formula is C17H25BrN2O3. The molecule has 6 heteroatoms. The molecule has 1 aromatic carbocycles. The zero-order valence-corrected chi connectivity index (χ0v) is 15.6. The molecule has 0 spiro atoms. The summed E-state index contributed by atoms with van der Waals surface area (Å²) in [4.78, 5) is 28.1. The molecule has 0 unspecified atom stereocenters. The second-order valence-electron chi connectivity index (χ2n) is 5.48. The number of nitrogens with zero attached hydrogens (tertiary/aromatic N) is 2. The maximum Gasteiger partial charge on any atom is 0.307 e. The molecule has 0 aliphatic rings. The van der Waals surface area contributed by atoms with Gasteiger partial charge in [-0.05, 0) is 62.0 Å². The van der Waals surface area contributed by atoms with Gasteiger partial charge in [0.2, 0.25) is 0 Å². The third-order valence-electron chi connectivity index (χ3n) is 3.32. The first-order chi connectivity index (χ1) is 11.0. The molecule has 0 bridgehead atoms. The maximum absolute atomic E-state index is 12.7. The summed E-state index contributed by atoms with van der Waals surface area (Å²) in [5.41, 5.74) is 0.612. The number of esters is 1. The second kappa shape index (κ2) is 10.4. The SMILES string of the molecule is CCOC(=O)CCN(CCCN(C)C)C(=O)c1ccccc1Br. The standard InChI is InChI=1S/C17H25BrN2O3/c1-4-23-16(21)10-13-20(12-7-11-19(2)3)17(22)14-8-5-6-9-15(14)18/h5-6,8-9H,4,7,10-13H2,1-3H3. The Morgan fingerprint density at radius 3 is 2.43 bits per heavy atom. The number of hydrogen-bond acceptors (Lipinski definition) is 4. The molecule has 0 atom stereocenters. The fraction of sp³-hybridized carbons (Fsp3) is 0.529. The Bertz CT molecular complexity index is 520. The summed E-state index contributed by atoms with van der Waals surface area (Å²) in [7, 11) is 4.00. The van der Waals surface area contributed by atoms with Gasteiger partial charge in [0.25, 0.3) is 5.91 Å². The first-order valence-electron chi connectivity index (χ1n) is 7.79. The molecule has 0 aliphatic heterocycles. The Balaban J connectivity index is 2.74. The van der Waals surface area contributed by atoms with Crippen molar-refractivity contribution in [3.63, 3.8) is 0 Å². The number of hydrogen-bond donors (Lipinski definition) is 0. The molecule has 1 aromatic rings. The van der Waals surface area contributed by atoms with E-state index in [2.05, 4.69) is 20.8 Å². The molecule has 5 nitrogen and oxygen atoms in total. The lowest BCUT2D eigenvalue weighted by molar-refractivity contribution is -0.143. The van der Waals surface area contributed by atoms with Crippen LogP contribution in [-0.2, 0) is 9.53 Å². The average molecular weight is 385 g/mol. The normalized spacial score (nSPS) is 10.7. The molecule has 1 rings (SSSR count). The van der Waals surface area contributed by atoms with E-state index in [0.29, 0.717) is 25.3 Å². The zero-order valence-electron chi connectivity index (χ0n) is 14.0. The van der Waals surface area contributed by atoms with E-state index >= 15 is 0 Å². The predicted molar refractivity (Wildman–Crippen MR) is 94.5 cm³/mol. The molecule has 0 N–H and O–H groups in total. The Hall–Kier alpha value is -1.40. The lowest BCUT2D eigenvalue weighted by Gasteiger charge is -2.24. The molecule has 128 valence electrons. The van der Waals surface area contributed by atoms with Crippen molar-refractivity contribution in [2.45, 2.75) is 19.8 Å². The van der Waals surface area contributed by atoms with E-state index in [4.69, 9.17) is 4.74 Å². The smallest absolute Gasteiger partial charge is 0.307 e. The average Bonchev–Trinajstić information content (AvgIpc) is 2.50. The van der Waals surface area contributed by atoms with Crippen molar-refractivity contribution in [2.24, 2.45) is 0 Å². The minimum Gasteiger partial charge on any atom is -0.466 e. The van der Waals surface area contributed by atoms with Gasteiger partial charge in [0.05, 0.1) is 18.6 Å². The molecule has 1 amide bonds. The van der Waals surface area contributed by atoms with Gasteiger partial charge in [0.1, 0.15) is 0 Å². The summed E-state index contributed by atoms with van der Waals surface area (Å²) < 4.78 is 5.71. The van der Waals surface area contributed by atoms with Crippen LogP contribution in [0.25, 0.3) is 0 Å². The zero-order chi connectivity index (χ0) is 17.2. The molecule has 0 saturated carbocycles. The second-order valence-corrected chi connectivity index (χ2v) is 6.34. The highest BCUT2D eigenvalue weighted by atomic mass is 79.9. The minimum absolute atomic E-state index is 0.0690. The van der Waals surface area contributed by atoms with Crippen LogP contribution < -0.4 is 0 Å². The number of halogens is 1. The molecule has 0 saturated heterocycles. The number of carbonyl (C=O) groups excluding carboxylic acids is 2. The van der Waals surface area contributed by atoms with Gasteiger partial charge in [0, 0.05) is 17.6 Å². The summed E-state index contributed by atoms with van der Waals surface area (Å²) in [6.45, 7) is 4.00. The van der Waals surface area contributed by atoms with E-state index < -0.39 is 0 Å². The van der Waals surface area contributed by atoms with Crippen LogP contribution in [0.3, 0.4) is 0 Å². The molecule has 0 aliphatic carbocycles. The van der Waals surface area contributed by atoms with Gasteiger partial charge in [0.15, 0.2) is 0 Å². The molecular weight excluding hydrogens is 360 g/mol. The number of rotatable bonds is 9. The Morgan fingerprint density at radius 1 is 1.13 bits per heavy atom. The highest BCUT2D eigenvalue weighted by molar-refractivity contribution is 9.10. The monoisotopic (exact) mass is 384 g/mol. The van der Waals surface area contributed by atoms with Crippen LogP contribution in [0.2, 0.25) is 0 Å². The van der Waals surface area contributed by atoms with Crippen LogP contribution in [0, 0.1) is 0 Å². The lowest BCUT2D eigenvalue weighted by atomic mass is 10.2. The van der Waals surface area contributed by atoms with Gasteiger partial charge < -0.3 is 14.5 Å². The first kappa shape index (κ1) is 19.6. The fourth-order valence-corrected chi connectivity index (χ4v) is 2.61. The lowest BCUT2D eigenvalue weighted by Crippen LogP contribution is -2.35. The molecule has 0 heterocycles. The number of carbonyl (C=O) groups is 2. The highest BCUT2D eigenvalue weighted by Crippen LogP contribution is 2.18.